The second-order valence-electron chi connectivity index (χ2n) is 8.21. The molecule has 0 saturated heterocycles. The first-order chi connectivity index (χ1) is 16.4. The van der Waals surface area contributed by atoms with Crippen LogP contribution in [0.1, 0.15) is 24.0 Å². The Labute approximate surface area is 205 Å². The summed E-state index contributed by atoms with van der Waals surface area (Å²) in [6.45, 7) is 3.59. The van der Waals surface area contributed by atoms with E-state index in [1.165, 1.54) is 13.2 Å². The molecule has 1 amide bonds. The number of benzene rings is 2. The first-order valence-corrected chi connectivity index (χ1v) is 12.5. The smallest absolute Gasteiger partial charge is 0.323 e. The predicted octanol–water partition coefficient (Wildman–Crippen LogP) is 0.717. The standard InChI is InChI=1S/C23H33N5O6S/c1-15-11-17-6-7-19(13-18(17)12-16(15)2)35(32,33)27-20(5-4-8-26-23(24)25)22(31)28(9-10-34-3)14-21(29)30/h6-7,11-13,20,27H,4-5,8-10,14H2,1-3H3,(H,29,30)(H4,24,25,26)/t20-/m0/s1. The van der Waals surface area contributed by atoms with Crippen LogP contribution in [0.5, 0.6) is 0 Å². The van der Waals surface area contributed by atoms with Gasteiger partial charge in [-0.05, 0) is 60.7 Å². The van der Waals surface area contributed by atoms with Crippen molar-refractivity contribution in [1.82, 2.24) is 9.62 Å². The van der Waals surface area contributed by atoms with E-state index in [1.807, 2.05) is 26.0 Å². The number of hydrogen-bond acceptors (Lipinski definition) is 6. The van der Waals surface area contributed by atoms with Crippen LogP contribution in [0.4, 0.5) is 0 Å². The quantitative estimate of drug-likeness (QED) is 0.174. The van der Waals surface area contributed by atoms with E-state index in [1.54, 1.807) is 12.1 Å². The fourth-order valence-electron chi connectivity index (χ4n) is 3.51. The minimum atomic E-state index is -4.12. The lowest BCUT2D eigenvalue weighted by atomic mass is 10.0. The van der Waals surface area contributed by atoms with Gasteiger partial charge in [0.25, 0.3) is 0 Å². The van der Waals surface area contributed by atoms with Crippen LogP contribution in [0.2, 0.25) is 0 Å². The number of amides is 1. The third kappa shape index (κ3) is 8.19. The van der Waals surface area contributed by atoms with Crippen LogP contribution in [0.25, 0.3) is 10.8 Å². The average Bonchev–Trinajstić information content (AvgIpc) is 2.78. The molecule has 2 rings (SSSR count). The van der Waals surface area contributed by atoms with Gasteiger partial charge in [-0.15, -0.1) is 0 Å². The number of ether oxygens (including phenoxy) is 1. The number of sulfonamides is 1. The molecule has 2 aromatic carbocycles. The Hall–Kier alpha value is -3.22. The summed E-state index contributed by atoms with van der Waals surface area (Å²) in [5.74, 6) is -2.02. The second-order valence-corrected chi connectivity index (χ2v) is 9.93. The Morgan fingerprint density at radius 2 is 1.80 bits per heavy atom. The predicted molar refractivity (Wildman–Crippen MR) is 134 cm³/mol. The van der Waals surface area contributed by atoms with Crippen LogP contribution in [0.3, 0.4) is 0 Å². The van der Waals surface area contributed by atoms with Gasteiger partial charge in [-0.3, -0.25) is 14.6 Å². The number of carbonyl (C=O) groups excluding carboxylic acids is 1. The summed E-state index contributed by atoms with van der Waals surface area (Å²) in [5, 5.41) is 10.9. The number of carbonyl (C=O) groups is 2. The third-order valence-electron chi connectivity index (χ3n) is 5.48. The third-order valence-corrected chi connectivity index (χ3v) is 6.95. The van der Waals surface area contributed by atoms with Crippen molar-refractivity contribution in [1.29, 1.82) is 0 Å². The first-order valence-electron chi connectivity index (χ1n) is 11.0. The lowest BCUT2D eigenvalue weighted by molar-refractivity contribution is -0.145. The molecule has 0 spiro atoms. The minimum Gasteiger partial charge on any atom is -0.480 e. The molecule has 0 aromatic heterocycles. The Morgan fingerprint density at radius 1 is 1.14 bits per heavy atom. The number of aliphatic carboxylic acids is 1. The summed E-state index contributed by atoms with van der Waals surface area (Å²) in [5.41, 5.74) is 12.8. The number of aryl methyl sites for hydroxylation is 2. The molecule has 35 heavy (non-hydrogen) atoms. The van der Waals surface area contributed by atoms with Crippen molar-refractivity contribution in [2.24, 2.45) is 16.5 Å². The van der Waals surface area contributed by atoms with Crippen LogP contribution in [0, 0.1) is 13.8 Å². The molecular formula is C23H33N5O6S. The van der Waals surface area contributed by atoms with E-state index in [0.29, 0.717) is 0 Å². The van der Waals surface area contributed by atoms with Crippen molar-refractivity contribution < 1.29 is 27.9 Å². The van der Waals surface area contributed by atoms with Crippen LogP contribution < -0.4 is 16.2 Å². The van der Waals surface area contributed by atoms with Gasteiger partial charge in [0.05, 0.1) is 11.5 Å². The molecule has 0 fully saturated rings. The fraction of sp³-hybridized carbons (Fsp3) is 0.435. The van der Waals surface area contributed by atoms with Crippen molar-refractivity contribution in [3.05, 3.63) is 41.5 Å². The van der Waals surface area contributed by atoms with E-state index < -0.39 is 34.5 Å². The molecule has 11 nitrogen and oxygen atoms in total. The molecule has 12 heteroatoms. The number of carboxylic acids is 1. The maximum absolute atomic E-state index is 13.3. The molecule has 0 bridgehead atoms. The summed E-state index contributed by atoms with van der Waals surface area (Å²) in [4.78, 5) is 29.4. The number of hydrogen-bond donors (Lipinski definition) is 4. The first kappa shape index (κ1) is 28.0. The number of methoxy groups -OCH3 is 1. The molecule has 0 aliphatic carbocycles. The summed E-state index contributed by atoms with van der Waals surface area (Å²) in [6.07, 6.45) is 0.349. The highest BCUT2D eigenvalue weighted by molar-refractivity contribution is 7.89. The Morgan fingerprint density at radius 3 is 2.40 bits per heavy atom. The van der Waals surface area contributed by atoms with Crippen LogP contribution in [0.15, 0.2) is 40.2 Å². The van der Waals surface area contributed by atoms with Gasteiger partial charge in [-0.2, -0.15) is 4.72 Å². The monoisotopic (exact) mass is 507 g/mol. The van der Waals surface area contributed by atoms with Gasteiger partial charge in [0.2, 0.25) is 15.9 Å². The van der Waals surface area contributed by atoms with E-state index >= 15 is 0 Å². The molecular weight excluding hydrogens is 474 g/mol. The zero-order valence-corrected chi connectivity index (χ0v) is 21.0. The van der Waals surface area contributed by atoms with E-state index in [-0.39, 0.29) is 43.4 Å². The molecule has 0 unspecified atom stereocenters. The highest BCUT2D eigenvalue weighted by Gasteiger charge is 2.30. The van der Waals surface area contributed by atoms with Crippen molar-refractivity contribution in [3.63, 3.8) is 0 Å². The van der Waals surface area contributed by atoms with E-state index in [2.05, 4.69) is 9.71 Å². The number of fused-ring (bicyclic) bond motifs is 1. The van der Waals surface area contributed by atoms with Gasteiger partial charge in [0.15, 0.2) is 5.96 Å². The van der Waals surface area contributed by atoms with Crippen molar-refractivity contribution in [3.8, 4) is 0 Å². The normalized spacial score (nSPS) is 12.3. The number of carboxylic acid groups (broad SMARTS) is 1. The van der Waals surface area contributed by atoms with Crippen LogP contribution in [-0.4, -0.2) is 75.7 Å². The number of nitrogens with one attached hydrogen (secondary N) is 1. The van der Waals surface area contributed by atoms with E-state index in [9.17, 15) is 23.1 Å². The summed E-state index contributed by atoms with van der Waals surface area (Å²) in [7, 11) is -2.70. The Bertz CT molecular complexity index is 1190. The zero-order valence-electron chi connectivity index (χ0n) is 20.2. The number of guanidine groups is 1. The number of rotatable bonds is 13. The molecule has 0 radical (unpaired) electrons. The molecule has 6 N–H and O–H groups in total. The largest absolute Gasteiger partial charge is 0.480 e. The molecule has 0 aliphatic heterocycles. The topological polar surface area (TPSA) is 177 Å². The molecule has 0 aliphatic rings. The highest BCUT2D eigenvalue weighted by Crippen LogP contribution is 2.23. The summed E-state index contributed by atoms with van der Waals surface area (Å²) in [6, 6.07) is 7.39. The Kier molecular flexibility index (Phi) is 9.99. The van der Waals surface area contributed by atoms with Gasteiger partial charge in [-0.25, -0.2) is 8.42 Å². The maximum atomic E-state index is 13.3. The summed E-state index contributed by atoms with van der Waals surface area (Å²) >= 11 is 0. The van der Waals surface area contributed by atoms with Gasteiger partial charge in [0.1, 0.15) is 12.6 Å². The molecule has 1 atom stereocenters. The SMILES string of the molecule is COCCN(CC(=O)O)C(=O)[C@H](CCCN=C(N)N)NS(=O)(=O)c1ccc2cc(C)c(C)cc2c1. The van der Waals surface area contributed by atoms with Crippen molar-refractivity contribution >= 4 is 38.6 Å². The van der Waals surface area contributed by atoms with Gasteiger partial charge < -0.3 is 26.2 Å². The van der Waals surface area contributed by atoms with Gasteiger partial charge in [0, 0.05) is 20.2 Å². The molecule has 2 aromatic rings. The zero-order chi connectivity index (χ0) is 26.2. The number of aliphatic imine (C=N–C) groups is 1. The molecule has 0 heterocycles. The summed E-state index contributed by atoms with van der Waals surface area (Å²) < 4.78 is 33.9. The van der Waals surface area contributed by atoms with E-state index in [4.69, 9.17) is 16.2 Å². The second kappa shape index (κ2) is 12.5. The van der Waals surface area contributed by atoms with Crippen molar-refractivity contribution in [2.75, 3.05) is 33.4 Å². The van der Waals surface area contributed by atoms with Gasteiger partial charge >= 0.3 is 5.97 Å². The maximum Gasteiger partial charge on any atom is 0.323 e. The lowest BCUT2D eigenvalue weighted by Crippen LogP contribution is -2.50. The fourth-order valence-corrected chi connectivity index (χ4v) is 4.77. The van der Waals surface area contributed by atoms with E-state index in [0.717, 1.165) is 26.8 Å². The number of nitrogens with two attached hydrogens (primary N) is 2. The lowest BCUT2D eigenvalue weighted by Gasteiger charge is -2.26. The van der Waals surface area contributed by atoms with Crippen molar-refractivity contribution in [2.45, 2.75) is 37.6 Å². The Balaban J connectivity index is 2.36. The minimum absolute atomic E-state index is 0.00282. The molecule has 0 saturated carbocycles. The van der Waals surface area contributed by atoms with Gasteiger partial charge in [-0.1, -0.05) is 18.2 Å². The number of nitrogens with zero attached hydrogens (tertiary/aromatic N) is 2. The average molecular weight is 508 g/mol. The molecule has 192 valence electrons. The van der Waals surface area contributed by atoms with Crippen LogP contribution in [-0.2, 0) is 24.3 Å². The highest BCUT2D eigenvalue weighted by atomic mass is 32.2. The van der Waals surface area contributed by atoms with Crippen LogP contribution >= 0.6 is 0 Å².